The number of aliphatic carboxylic acids is 1. The standard InChI is InChI=1S/C14H10Cl3NO4S/c15-8-4-5-9(16)12(6-8)23(21,22)11-3-1-2-10(14(11)17)18-7-13(19)20/h1-6,18H,7H2,(H,19,20). The Morgan fingerprint density at radius 3 is 2.43 bits per heavy atom. The van der Waals surface area contributed by atoms with Crippen LogP contribution in [0.3, 0.4) is 0 Å². The molecule has 23 heavy (non-hydrogen) atoms. The molecule has 2 rings (SSSR count). The fraction of sp³-hybridized carbons (Fsp3) is 0.0714. The number of nitrogens with one attached hydrogen (secondary N) is 1. The number of anilines is 1. The van der Waals surface area contributed by atoms with Crippen molar-refractivity contribution < 1.29 is 18.3 Å². The Labute approximate surface area is 147 Å². The second kappa shape index (κ2) is 6.97. The van der Waals surface area contributed by atoms with Crippen LogP contribution in [0.25, 0.3) is 0 Å². The second-order valence-corrected chi connectivity index (χ2v) is 7.55. The highest BCUT2D eigenvalue weighted by Gasteiger charge is 2.25. The van der Waals surface area contributed by atoms with Gasteiger partial charge in [-0.1, -0.05) is 40.9 Å². The van der Waals surface area contributed by atoms with E-state index in [2.05, 4.69) is 5.32 Å². The molecule has 0 bridgehead atoms. The zero-order valence-electron chi connectivity index (χ0n) is 11.4. The molecule has 0 aliphatic carbocycles. The molecule has 0 fully saturated rings. The van der Waals surface area contributed by atoms with E-state index < -0.39 is 22.4 Å². The third-order valence-corrected chi connectivity index (χ3v) is 5.90. The first-order valence-corrected chi connectivity index (χ1v) is 8.79. The van der Waals surface area contributed by atoms with Gasteiger partial charge in [0, 0.05) is 5.02 Å². The quantitative estimate of drug-likeness (QED) is 0.801. The summed E-state index contributed by atoms with van der Waals surface area (Å²) >= 11 is 17.9. The monoisotopic (exact) mass is 393 g/mol. The molecule has 9 heteroatoms. The number of carboxylic acids is 1. The molecule has 0 spiro atoms. The average Bonchev–Trinajstić information content (AvgIpc) is 2.48. The number of sulfone groups is 1. The van der Waals surface area contributed by atoms with Crippen molar-refractivity contribution in [3.05, 3.63) is 51.5 Å². The first-order valence-electron chi connectivity index (χ1n) is 6.18. The van der Waals surface area contributed by atoms with Crippen molar-refractivity contribution in [2.45, 2.75) is 9.79 Å². The summed E-state index contributed by atoms with van der Waals surface area (Å²) in [6, 6.07) is 8.30. The fourth-order valence-electron chi connectivity index (χ4n) is 1.83. The Bertz CT molecular complexity index is 868. The van der Waals surface area contributed by atoms with E-state index >= 15 is 0 Å². The van der Waals surface area contributed by atoms with Gasteiger partial charge in [-0.15, -0.1) is 0 Å². The minimum atomic E-state index is -4.02. The van der Waals surface area contributed by atoms with Gasteiger partial charge >= 0.3 is 5.97 Å². The summed E-state index contributed by atoms with van der Waals surface area (Å²) in [6.07, 6.45) is 0. The zero-order chi connectivity index (χ0) is 17.2. The molecular weight excluding hydrogens is 385 g/mol. The average molecular weight is 395 g/mol. The summed E-state index contributed by atoms with van der Waals surface area (Å²) in [5.74, 6) is -1.10. The lowest BCUT2D eigenvalue weighted by Gasteiger charge is -2.12. The van der Waals surface area contributed by atoms with Crippen LogP contribution >= 0.6 is 34.8 Å². The van der Waals surface area contributed by atoms with Gasteiger partial charge in [0.15, 0.2) is 0 Å². The van der Waals surface area contributed by atoms with E-state index in [9.17, 15) is 13.2 Å². The highest BCUT2D eigenvalue weighted by atomic mass is 35.5. The van der Waals surface area contributed by atoms with E-state index in [1.165, 1.54) is 36.4 Å². The number of carboxylic acid groups (broad SMARTS) is 1. The molecule has 0 saturated heterocycles. The summed E-state index contributed by atoms with van der Waals surface area (Å²) in [5, 5.41) is 11.3. The molecule has 0 amide bonds. The van der Waals surface area contributed by atoms with Gasteiger partial charge in [-0.05, 0) is 30.3 Å². The first-order chi connectivity index (χ1) is 10.7. The van der Waals surface area contributed by atoms with Crippen LogP contribution in [0.2, 0.25) is 15.1 Å². The molecule has 0 unspecified atom stereocenters. The van der Waals surface area contributed by atoms with Crippen LogP contribution in [0.4, 0.5) is 5.69 Å². The molecule has 0 aliphatic rings. The SMILES string of the molecule is O=C(O)CNc1cccc(S(=O)(=O)c2cc(Cl)ccc2Cl)c1Cl. The second-order valence-electron chi connectivity index (χ2n) is 4.44. The Morgan fingerprint density at radius 2 is 1.78 bits per heavy atom. The van der Waals surface area contributed by atoms with Gasteiger partial charge in [-0.25, -0.2) is 8.42 Å². The number of halogens is 3. The van der Waals surface area contributed by atoms with Crippen LogP contribution < -0.4 is 5.32 Å². The Kier molecular flexibility index (Phi) is 5.41. The largest absolute Gasteiger partial charge is 0.480 e. The predicted molar refractivity (Wildman–Crippen MR) is 89.5 cm³/mol. The van der Waals surface area contributed by atoms with Crippen molar-refractivity contribution in [2.75, 3.05) is 11.9 Å². The summed E-state index contributed by atoms with van der Waals surface area (Å²) in [5.41, 5.74) is 0.188. The van der Waals surface area contributed by atoms with E-state index in [1.807, 2.05) is 0 Å². The van der Waals surface area contributed by atoms with Crippen molar-refractivity contribution in [1.29, 1.82) is 0 Å². The van der Waals surface area contributed by atoms with Crippen LogP contribution in [0.15, 0.2) is 46.2 Å². The van der Waals surface area contributed by atoms with E-state index in [4.69, 9.17) is 39.9 Å². The number of carbonyl (C=O) groups is 1. The van der Waals surface area contributed by atoms with Gasteiger partial charge in [0.2, 0.25) is 9.84 Å². The van der Waals surface area contributed by atoms with Gasteiger partial charge in [0.25, 0.3) is 0 Å². The first kappa shape index (κ1) is 17.9. The minimum absolute atomic E-state index is 0.00867. The lowest BCUT2D eigenvalue weighted by Crippen LogP contribution is -2.13. The van der Waals surface area contributed by atoms with Gasteiger partial charge in [0.05, 0.1) is 25.5 Å². The van der Waals surface area contributed by atoms with Crippen LogP contribution in [0.1, 0.15) is 0 Å². The van der Waals surface area contributed by atoms with Crippen LogP contribution in [-0.2, 0) is 14.6 Å². The zero-order valence-corrected chi connectivity index (χ0v) is 14.5. The highest BCUT2D eigenvalue weighted by Crippen LogP contribution is 2.36. The van der Waals surface area contributed by atoms with E-state index in [-0.39, 0.29) is 30.5 Å². The van der Waals surface area contributed by atoms with Crippen molar-refractivity contribution in [3.63, 3.8) is 0 Å². The van der Waals surface area contributed by atoms with Crippen molar-refractivity contribution >= 4 is 56.3 Å². The Balaban J connectivity index is 2.54. The van der Waals surface area contributed by atoms with E-state index in [0.29, 0.717) is 0 Å². The molecule has 0 heterocycles. The summed E-state index contributed by atoms with van der Waals surface area (Å²) < 4.78 is 25.5. The molecule has 0 saturated carbocycles. The number of hydrogen-bond acceptors (Lipinski definition) is 4. The number of hydrogen-bond donors (Lipinski definition) is 2. The maximum absolute atomic E-state index is 12.7. The smallest absolute Gasteiger partial charge is 0.322 e. The molecule has 2 aromatic rings. The third kappa shape index (κ3) is 3.90. The summed E-state index contributed by atoms with van der Waals surface area (Å²) in [6.45, 7) is -0.402. The summed E-state index contributed by atoms with van der Waals surface area (Å²) in [4.78, 5) is 10.2. The molecule has 122 valence electrons. The van der Waals surface area contributed by atoms with Gasteiger partial charge in [-0.3, -0.25) is 4.79 Å². The lowest BCUT2D eigenvalue weighted by molar-refractivity contribution is -0.134. The minimum Gasteiger partial charge on any atom is -0.480 e. The molecule has 2 N–H and O–H groups in total. The maximum Gasteiger partial charge on any atom is 0.322 e. The van der Waals surface area contributed by atoms with Gasteiger partial charge < -0.3 is 10.4 Å². The summed E-state index contributed by atoms with van der Waals surface area (Å²) in [7, 11) is -4.02. The van der Waals surface area contributed by atoms with Gasteiger partial charge in [0.1, 0.15) is 6.54 Å². The van der Waals surface area contributed by atoms with Crippen LogP contribution in [0.5, 0.6) is 0 Å². The molecular formula is C14H10Cl3NO4S. The van der Waals surface area contributed by atoms with Crippen molar-refractivity contribution in [3.8, 4) is 0 Å². The maximum atomic E-state index is 12.7. The third-order valence-electron chi connectivity index (χ3n) is 2.87. The number of benzene rings is 2. The predicted octanol–water partition coefficient (Wildman–Crippen LogP) is 3.98. The molecule has 0 aromatic heterocycles. The molecule has 2 aromatic carbocycles. The Hall–Kier alpha value is -1.47. The van der Waals surface area contributed by atoms with Gasteiger partial charge in [-0.2, -0.15) is 0 Å². The fourth-order valence-corrected chi connectivity index (χ4v) is 4.43. The normalized spacial score (nSPS) is 11.3. The van der Waals surface area contributed by atoms with E-state index in [0.717, 1.165) is 0 Å². The van der Waals surface area contributed by atoms with Crippen molar-refractivity contribution in [2.24, 2.45) is 0 Å². The van der Waals surface area contributed by atoms with Crippen LogP contribution in [0, 0.1) is 0 Å². The highest BCUT2D eigenvalue weighted by molar-refractivity contribution is 7.91. The molecule has 5 nitrogen and oxygen atoms in total. The molecule has 0 radical (unpaired) electrons. The molecule has 0 aliphatic heterocycles. The van der Waals surface area contributed by atoms with Crippen LogP contribution in [-0.4, -0.2) is 26.0 Å². The Morgan fingerprint density at radius 1 is 1.09 bits per heavy atom. The topological polar surface area (TPSA) is 83.5 Å². The van der Waals surface area contributed by atoms with Crippen molar-refractivity contribution in [1.82, 2.24) is 0 Å². The lowest BCUT2D eigenvalue weighted by atomic mass is 10.3. The number of rotatable bonds is 5. The molecule has 0 atom stereocenters. The van der Waals surface area contributed by atoms with E-state index in [1.54, 1.807) is 0 Å².